The van der Waals surface area contributed by atoms with E-state index in [1.165, 1.54) is 24.4 Å². The molecule has 2 aromatic heterocycles. The summed E-state index contributed by atoms with van der Waals surface area (Å²) in [5, 5.41) is 8.88. The number of rotatable bonds is 9. The summed E-state index contributed by atoms with van der Waals surface area (Å²) in [6.07, 6.45) is 7.19. The molecule has 0 spiro atoms. The Kier molecular flexibility index (Phi) is 7.36. The number of aromatic nitrogens is 3. The number of sulfonamides is 1. The lowest BCUT2D eigenvalue weighted by atomic mass is 10.1. The maximum Gasteiger partial charge on any atom is 0.328 e. The van der Waals surface area contributed by atoms with Crippen molar-refractivity contribution in [3.63, 3.8) is 0 Å². The molecule has 0 radical (unpaired) electrons. The number of aliphatic carboxylic acids is 1. The molecule has 9 nitrogen and oxygen atoms in total. The van der Waals surface area contributed by atoms with Crippen molar-refractivity contribution in [1.29, 1.82) is 0 Å². The number of aryl methyl sites for hydroxylation is 1. The van der Waals surface area contributed by atoms with E-state index in [1.54, 1.807) is 54.9 Å². The number of hydrogen-bond acceptors (Lipinski definition) is 7. The van der Waals surface area contributed by atoms with Gasteiger partial charge >= 0.3 is 5.97 Å². The number of benzene rings is 2. The topological polar surface area (TPSA) is 131 Å². The van der Waals surface area contributed by atoms with Crippen LogP contribution in [-0.2, 0) is 21.4 Å². The van der Waals surface area contributed by atoms with Crippen molar-refractivity contribution in [2.24, 2.45) is 0 Å². The van der Waals surface area contributed by atoms with Crippen molar-refractivity contribution in [2.75, 3.05) is 4.72 Å². The summed E-state index contributed by atoms with van der Waals surface area (Å²) >= 11 is 0. The Bertz CT molecular complexity index is 1510. The first-order valence-electron chi connectivity index (χ1n) is 10.8. The van der Waals surface area contributed by atoms with Crippen LogP contribution in [0.25, 0.3) is 17.3 Å². The van der Waals surface area contributed by atoms with E-state index in [4.69, 9.17) is 9.84 Å². The fourth-order valence-electron chi connectivity index (χ4n) is 3.19. The molecule has 0 aliphatic rings. The lowest BCUT2D eigenvalue weighted by Crippen LogP contribution is -2.15. The van der Waals surface area contributed by atoms with Crippen molar-refractivity contribution < 1.29 is 23.1 Å². The molecule has 0 saturated carbocycles. The number of nitrogens with one attached hydrogen (secondary N) is 1. The number of carboxylic acid groups (broad SMARTS) is 1. The standard InChI is InChI=1S/C26H22N4O5S/c1-18-7-10-22(11-8-18)36(33,34)30-25-26(35-17-20-5-3-13-27-15-20)29-23(16-28-25)21-6-2-4-19(14-21)9-12-24(31)32/h2-16H,17H2,1H3,(H,28,30)(H,31,32)/b12-9+. The average molecular weight is 503 g/mol. The second-order valence-corrected chi connectivity index (χ2v) is 9.46. The second kappa shape index (κ2) is 10.8. The van der Waals surface area contributed by atoms with E-state index in [0.29, 0.717) is 16.8 Å². The van der Waals surface area contributed by atoms with Crippen LogP contribution in [0.1, 0.15) is 16.7 Å². The predicted octanol–water partition coefficient (Wildman–Crippen LogP) is 4.32. The van der Waals surface area contributed by atoms with Crippen LogP contribution in [0.5, 0.6) is 5.88 Å². The second-order valence-electron chi connectivity index (χ2n) is 7.77. The lowest BCUT2D eigenvalue weighted by molar-refractivity contribution is -0.131. The molecule has 10 heteroatoms. The number of ether oxygens (including phenoxy) is 1. The fourth-order valence-corrected chi connectivity index (χ4v) is 4.20. The smallest absolute Gasteiger partial charge is 0.328 e. The van der Waals surface area contributed by atoms with Crippen LogP contribution in [-0.4, -0.2) is 34.4 Å². The SMILES string of the molecule is Cc1ccc(S(=O)(=O)Nc2ncc(-c3cccc(/C=C/C(=O)O)c3)nc2OCc2cccnc2)cc1. The molecule has 0 aliphatic heterocycles. The van der Waals surface area contributed by atoms with Crippen molar-refractivity contribution >= 4 is 27.9 Å². The van der Waals surface area contributed by atoms with E-state index < -0.39 is 16.0 Å². The van der Waals surface area contributed by atoms with Gasteiger partial charge in [-0.1, -0.05) is 42.0 Å². The van der Waals surface area contributed by atoms with Crippen LogP contribution < -0.4 is 9.46 Å². The maximum absolute atomic E-state index is 13.0. The van der Waals surface area contributed by atoms with Gasteiger partial charge in [0, 0.05) is 29.6 Å². The molecule has 4 rings (SSSR count). The maximum atomic E-state index is 13.0. The van der Waals surface area contributed by atoms with Gasteiger partial charge in [-0.05, 0) is 42.8 Å². The third-order valence-corrected chi connectivity index (χ3v) is 6.36. The zero-order chi connectivity index (χ0) is 25.5. The van der Waals surface area contributed by atoms with E-state index in [2.05, 4.69) is 19.7 Å². The summed E-state index contributed by atoms with van der Waals surface area (Å²) in [6.45, 7) is 1.96. The Morgan fingerprint density at radius 1 is 1.08 bits per heavy atom. The van der Waals surface area contributed by atoms with E-state index in [0.717, 1.165) is 17.2 Å². The van der Waals surface area contributed by atoms with Crippen molar-refractivity contribution in [1.82, 2.24) is 15.0 Å². The Morgan fingerprint density at radius 3 is 2.61 bits per heavy atom. The van der Waals surface area contributed by atoms with E-state index in [1.807, 2.05) is 13.0 Å². The van der Waals surface area contributed by atoms with E-state index in [-0.39, 0.29) is 23.2 Å². The largest absolute Gasteiger partial charge is 0.478 e. The van der Waals surface area contributed by atoms with Gasteiger partial charge in [0.15, 0.2) is 0 Å². The van der Waals surface area contributed by atoms with Crippen LogP contribution in [0.3, 0.4) is 0 Å². The minimum atomic E-state index is -3.94. The Morgan fingerprint density at radius 2 is 1.89 bits per heavy atom. The quantitative estimate of drug-likeness (QED) is 0.324. The lowest BCUT2D eigenvalue weighted by Gasteiger charge is -2.13. The average Bonchev–Trinajstić information content (AvgIpc) is 2.88. The zero-order valence-electron chi connectivity index (χ0n) is 19.2. The highest BCUT2D eigenvalue weighted by atomic mass is 32.2. The summed E-state index contributed by atoms with van der Waals surface area (Å²) < 4.78 is 34.3. The van der Waals surface area contributed by atoms with Gasteiger partial charge < -0.3 is 9.84 Å². The molecule has 2 heterocycles. The minimum absolute atomic E-state index is 0.0153. The molecule has 2 N–H and O–H groups in total. The summed E-state index contributed by atoms with van der Waals surface area (Å²) in [5.74, 6) is -1.14. The number of anilines is 1. The highest BCUT2D eigenvalue weighted by molar-refractivity contribution is 7.92. The summed E-state index contributed by atoms with van der Waals surface area (Å²) in [4.78, 5) is 23.8. The van der Waals surface area contributed by atoms with Crippen LogP contribution >= 0.6 is 0 Å². The minimum Gasteiger partial charge on any atom is -0.478 e. The number of nitrogens with zero attached hydrogens (tertiary/aromatic N) is 3. The highest BCUT2D eigenvalue weighted by Gasteiger charge is 2.20. The van der Waals surface area contributed by atoms with Crippen LogP contribution in [0, 0.1) is 6.92 Å². The molecular weight excluding hydrogens is 480 g/mol. The molecule has 0 atom stereocenters. The molecular formula is C26H22N4O5S. The Hall–Kier alpha value is -4.57. The van der Waals surface area contributed by atoms with Crippen molar-refractivity contribution in [3.05, 3.63) is 102 Å². The van der Waals surface area contributed by atoms with Gasteiger partial charge in [-0.15, -0.1) is 0 Å². The van der Waals surface area contributed by atoms with Gasteiger partial charge in [0.1, 0.15) is 6.61 Å². The number of pyridine rings is 1. The normalized spacial score (nSPS) is 11.4. The summed E-state index contributed by atoms with van der Waals surface area (Å²) in [6, 6.07) is 17.0. The van der Waals surface area contributed by atoms with Crippen molar-refractivity contribution in [3.8, 4) is 17.1 Å². The molecule has 0 unspecified atom stereocenters. The van der Waals surface area contributed by atoms with Crippen LogP contribution in [0.15, 0.2) is 90.2 Å². The predicted molar refractivity (Wildman–Crippen MR) is 135 cm³/mol. The molecule has 0 amide bonds. The molecule has 0 fully saturated rings. The Balaban J connectivity index is 1.69. The third-order valence-electron chi connectivity index (χ3n) is 5.00. The molecule has 36 heavy (non-hydrogen) atoms. The first-order chi connectivity index (χ1) is 17.3. The Labute approximate surface area is 208 Å². The van der Waals surface area contributed by atoms with Gasteiger partial charge in [-0.3, -0.25) is 9.71 Å². The summed E-state index contributed by atoms with van der Waals surface area (Å²) in [5.41, 5.74) is 3.41. The number of carboxylic acids is 1. The molecule has 4 aromatic rings. The van der Waals surface area contributed by atoms with E-state index in [9.17, 15) is 13.2 Å². The van der Waals surface area contributed by atoms with Crippen LogP contribution in [0.2, 0.25) is 0 Å². The van der Waals surface area contributed by atoms with Gasteiger partial charge in [0.2, 0.25) is 5.82 Å². The molecule has 0 aliphatic carbocycles. The number of carbonyl (C=O) groups is 1. The van der Waals surface area contributed by atoms with E-state index >= 15 is 0 Å². The molecule has 0 saturated heterocycles. The number of hydrogen-bond donors (Lipinski definition) is 2. The first kappa shape index (κ1) is 24.6. The summed E-state index contributed by atoms with van der Waals surface area (Å²) in [7, 11) is -3.94. The molecule has 2 aromatic carbocycles. The monoisotopic (exact) mass is 502 g/mol. The van der Waals surface area contributed by atoms with Crippen LogP contribution in [0.4, 0.5) is 5.82 Å². The van der Waals surface area contributed by atoms with Gasteiger partial charge in [0.05, 0.1) is 16.8 Å². The molecule has 0 bridgehead atoms. The van der Waals surface area contributed by atoms with Gasteiger partial charge in [-0.25, -0.2) is 23.2 Å². The molecule has 182 valence electrons. The van der Waals surface area contributed by atoms with Gasteiger partial charge in [0.25, 0.3) is 15.9 Å². The van der Waals surface area contributed by atoms with Gasteiger partial charge in [-0.2, -0.15) is 0 Å². The highest BCUT2D eigenvalue weighted by Crippen LogP contribution is 2.28. The first-order valence-corrected chi connectivity index (χ1v) is 12.3. The fraction of sp³-hybridized carbons (Fsp3) is 0.0769. The van der Waals surface area contributed by atoms with Crippen molar-refractivity contribution in [2.45, 2.75) is 18.4 Å². The zero-order valence-corrected chi connectivity index (χ0v) is 20.0. The third kappa shape index (κ3) is 6.30.